The second-order valence-corrected chi connectivity index (χ2v) is 8.02. The van der Waals surface area contributed by atoms with E-state index in [-0.39, 0.29) is 44.9 Å². The van der Waals surface area contributed by atoms with Crippen LogP contribution >= 0.6 is 23.2 Å². The zero-order valence-electron chi connectivity index (χ0n) is 17.7. The van der Waals surface area contributed by atoms with Gasteiger partial charge in [0.2, 0.25) is 0 Å². The molecule has 0 spiro atoms. The lowest BCUT2D eigenvalue weighted by Gasteiger charge is -2.13. The fourth-order valence-corrected chi connectivity index (χ4v) is 3.54. The Labute approximate surface area is 204 Å². The van der Waals surface area contributed by atoms with Crippen LogP contribution in [0.3, 0.4) is 0 Å². The van der Waals surface area contributed by atoms with Gasteiger partial charge in [-0.05, 0) is 43.3 Å². The highest BCUT2D eigenvalue weighted by atomic mass is 35.5. The Morgan fingerprint density at radius 3 is 2.65 bits per heavy atom. The van der Waals surface area contributed by atoms with E-state index in [9.17, 15) is 4.79 Å². The number of para-hydroxylation sites is 1. The number of nitriles is 1. The number of hydrogen-bond donors (Lipinski definition) is 1. The minimum atomic E-state index is -0.754. The topological polar surface area (TPSA) is 92.8 Å². The van der Waals surface area contributed by atoms with Crippen molar-refractivity contribution in [3.63, 3.8) is 0 Å². The quantitative estimate of drug-likeness (QED) is 0.374. The molecule has 7 nitrogen and oxygen atoms in total. The molecule has 0 atom stereocenters. The lowest BCUT2D eigenvalue weighted by Crippen LogP contribution is -2.24. The lowest BCUT2D eigenvalue weighted by atomic mass is 10.2. The van der Waals surface area contributed by atoms with Gasteiger partial charge in [0, 0.05) is 17.1 Å². The molecule has 0 unspecified atom stereocenters. The van der Waals surface area contributed by atoms with E-state index in [0.29, 0.717) is 11.4 Å². The Hall–Kier alpha value is -3.93. The van der Waals surface area contributed by atoms with E-state index >= 15 is 4.39 Å². The van der Waals surface area contributed by atoms with E-state index in [1.54, 1.807) is 6.92 Å². The molecule has 0 aliphatic rings. The fraction of sp³-hybridized carbons (Fsp3) is 0.0833. The summed E-state index contributed by atoms with van der Waals surface area (Å²) >= 11 is 12.1. The van der Waals surface area contributed by atoms with Crippen molar-refractivity contribution in [3.05, 3.63) is 99.0 Å². The van der Waals surface area contributed by atoms with Gasteiger partial charge in [-0.15, -0.1) is 5.10 Å². The number of halogens is 3. The third kappa shape index (κ3) is 5.01. The number of rotatable bonds is 6. The highest BCUT2D eigenvalue weighted by molar-refractivity contribution is 6.32. The van der Waals surface area contributed by atoms with Gasteiger partial charge in [-0.25, -0.2) is 4.39 Å². The average molecular weight is 496 g/mol. The minimum absolute atomic E-state index is 0.0210. The molecule has 1 heterocycles. The van der Waals surface area contributed by atoms with E-state index in [0.717, 1.165) is 0 Å². The summed E-state index contributed by atoms with van der Waals surface area (Å²) in [4.78, 5) is 14.1. The van der Waals surface area contributed by atoms with E-state index < -0.39 is 11.7 Å². The lowest BCUT2D eigenvalue weighted by molar-refractivity contribution is 0.0944. The molecule has 0 saturated heterocycles. The van der Waals surface area contributed by atoms with Crippen molar-refractivity contribution >= 4 is 29.1 Å². The average Bonchev–Trinajstić information content (AvgIpc) is 3.23. The van der Waals surface area contributed by atoms with Crippen molar-refractivity contribution in [3.8, 4) is 23.3 Å². The van der Waals surface area contributed by atoms with Crippen LogP contribution in [0, 0.1) is 24.1 Å². The third-order valence-electron chi connectivity index (χ3n) is 4.77. The van der Waals surface area contributed by atoms with E-state index in [4.69, 9.17) is 33.2 Å². The maximum atomic E-state index is 15.2. The van der Waals surface area contributed by atoms with E-state index in [2.05, 4.69) is 15.5 Å². The standard InChI is InChI=1S/C24H16Cl2FN5O2/c1-14-22(31-32(30-14)18-5-3-2-4-6-18)24(33)29-13-16-7-8-20(26)23(21(16)27)34-19-10-15(12-28)9-17(25)11-19/h2-11H,13H2,1H3,(H,29,33). The van der Waals surface area contributed by atoms with Crippen molar-refractivity contribution in [1.29, 1.82) is 5.26 Å². The Kier molecular flexibility index (Phi) is 6.77. The predicted octanol–water partition coefficient (Wildman–Crippen LogP) is 5.62. The van der Waals surface area contributed by atoms with Gasteiger partial charge >= 0.3 is 0 Å². The van der Waals surface area contributed by atoms with Crippen LogP contribution in [-0.4, -0.2) is 20.9 Å². The summed E-state index contributed by atoms with van der Waals surface area (Å²) < 4.78 is 20.8. The molecule has 10 heteroatoms. The molecule has 4 aromatic rings. The van der Waals surface area contributed by atoms with Gasteiger partial charge in [0.25, 0.3) is 5.91 Å². The molecular formula is C24H16Cl2FN5O2. The van der Waals surface area contributed by atoms with Crippen LogP contribution in [0.2, 0.25) is 10.0 Å². The van der Waals surface area contributed by atoms with Crippen molar-refractivity contribution in [2.75, 3.05) is 0 Å². The van der Waals surface area contributed by atoms with E-state index in [1.807, 2.05) is 36.4 Å². The first-order valence-corrected chi connectivity index (χ1v) is 10.7. The molecule has 0 aliphatic heterocycles. The van der Waals surface area contributed by atoms with Crippen molar-refractivity contribution in [2.45, 2.75) is 13.5 Å². The molecule has 170 valence electrons. The summed E-state index contributed by atoms with van der Waals surface area (Å²) in [6.07, 6.45) is 0. The van der Waals surface area contributed by atoms with Crippen LogP contribution in [0.4, 0.5) is 4.39 Å². The molecule has 0 fully saturated rings. The first-order chi connectivity index (χ1) is 16.4. The van der Waals surface area contributed by atoms with Crippen molar-refractivity contribution in [2.24, 2.45) is 0 Å². The van der Waals surface area contributed by atoms with Gasteiger partial charge in [0.05, 0.1) is 28.0 Å². The van der Waals surface area contributed by atoms with Crippen LogP contribution < -0.4 is 10.1 Å². The van der Waals surface area contributed by atoms with Crippen molar-refractivity contribution in [1.82, 2.24) is 20.3 Å². The highest BCUT2D eigenvalue weighted by Gasteiger charge is 2.19. The summed E-state index contributed by atoms with van der Waals surface area (Å²) in [7, 11) is 0. The Balaban J connectivity index is 1.52. The van der Waals surface area contributed by atoms with Crippen molar-refractivity contribution < 1.29 is 13.9 Å². The SMILES string of the molecule is Cc1nn(-c2ccccc2)nc1C(=O)NCc1ccc(Cl)c(Oc2cc(Cl)cc(C#N)c2)c1F. The van der Waals surface area contributed by atoms with Crippen LogP contribution in [-0.2, 0) is 6.54 Å². The number of ether oxygens (including phenoxy) is 1. The van der Waals surface area contributed by atoms with Crippen LogP contribution in [0.5, 0.6) is 11.5 Å². The number of benzene rings is 3. The second-order valence-electron chi connectivity index (χ2n) is 7.18. The summed E-state index contributed by atoms with van der Waals surface area (Å²) in [6.45, 7) is 1.52. The first kappa shape index (κ1) is 23.2. The van der Waals surface area contributed by atoms with E-state index in [1.165, 1.54) is 35.1 Å². The van der Waals surface area contributed by atoms with Crippen LogP contribution in [0.1, 0.15) is 27.3 Å². The van der Waals surface area contributed by atoms with Gasteiger partial charge in [-0.1, -0.05) is 47.5 Å². The van der Waals surface area contributed by atoms with Crippen LogP contribution in [0.15, 0.2) is 60.7 Å². The monoisotopic (exact) mass is 495 g/mol. The molecular weight excluding hydrogens is 480 g/mol. The Morgan fingerprint density at radius 1 is 1.15 bits per heavy atom. The first-order valence-electron chi connectivity index (χ1n) is 9.98. The van der Waals surface area contributed by atoms with Gasteiger partial charge in [0.1, 0.15) is 5.75 Å². The molecule has 1 aromatic heterocycles. The number of nitrogens with zero attached hydrogens (tertiary/aromatic N) is 4. The second kappa shape index (κ2) is 9.91. The van der Waals surface area contributed by atoms with Gasteiger partial charge in [0.15, 0.2) is 17.3 Å². The predicted molar refractivity (Wildman–Crippen MR) is 125 cm³/mol. The molecule has 4 rings (SSSR count). The Bertz CT molecular complexity index is 1420. The zero-order chi connectivity index (χ0) is 24.2. The number of nitrogens with one attached hydrogen (secondary N) is 1. The summed E-state index contributed by atoms with van der Waals surface area (Å²) in [5.41, 5.74) is 1.65. The fourth-order valence-electron chi connectivity index (χ4n) is 3.13. The number of hydrogen-bond acceptors (Lipinski definition) is 5. The van der Waals surface area contributed by atoms with Crippen LogP contribution in [0.25, 0.3) is 5.69 Å². The molecule has 0 saturated carbocycles. The molecule has 1 amide bonds. The van der Waals surface area contributed by atoms with Gasteiger partial charge < -0.3 is 10.1 Å². The molecule has 3 aromatic carbocycles. The summed E-state index contributed by atoms with van der Waals surface area (Å²) in [5.74, 6) is -1.36. The molecule has 1 N–H and O–H groups in total. The largest absolute Gasteiger partial charge is 0.453 e. The number of aromatic nitrogens is 3. The number of carbonyl (C=O) groups is 1. The third-order valence-corrected chi connectivity index (χ3v) is 5.29. The number of aryl methyl sites for hydroxylation is 1. The summed E-state index contributed by atoms with van der Waals surface area (Å²) in [6, 6.07) is 18.3. The summed E-state index contributed by atoms with van der Waals surface area (Å²) in [5, 5.41) is 20.5. The molecule has 0 bridgehead atoms. The maximum Gasteiger partial charge on any atom is 0.274 e. The maximum absolute atomic E-state index is 15.2. The number of amides is 1. The molecule has 0 radical (unpaired) electrons. The molecule has 0 aliphatic carbocycles. The smallest absolute Gasteiger partial charge is 0.274 e. The zero-order valence-corrected chi connectivity index (χ0v) is 19.2. The normalized spacial score (nSPS) is 10.6. The minimum Gasteiger partial charge on any atom is -0.453 e. The van der Waals surface area contributed by atoms with Gasteiger partial charge in [-0.3, -0.25) is 4.79 Å². The highest BCUT2D eigenvalue weighted by Crippen LogP contribution is 2.35. The Morgan fingerprint density at radius 2 is 1.91 bits per heavy atom. The molecule has 34 heavy (non-hydrogen) atoms. The number of carbonyl (C=O) groups excluding carboxylic acids is 1. The van der Waals surface area contributed by atoms with Gasteiger partial charge in [-0.2, -0.15) is 15.2 Å².